The van der Waals surface area contributed by atoms with E-state index in [0.717, 1.165) is 29.4 Å². The predicted molar refractivity (Wildman–Crippen MR) is 98.6 cm³/mol. The molecule has 1 aliphatic rings. The minimum atomic E-state index is 0.00207. The summed E-state index contributed by atoms with van der Waals surface area (Å²) < 4.78 is 0. The van der Waals surface area contributed by atoms with Crippen LogP contribution >= 0.6 is 11.8 Å². The maximum Gasteiger partial charge on any atom is 0.251 e. The number of aromatic nitrogens is 1. The first-order valence-electron chi connectivity index (χ1n) is 8.45. The van der Waals surface area contributed by atoms with Crippen molar-refractivity contribution in [3.8, 4) is 0 Å². The molecule has 2 heterocycles. The van der Waals surface area contributed by atoms with Crippen molar-refractivity contribution in [1.29, 1.82) is 0 Å². The van der Waals surface area contributed by atoms with Gasteiger partial charge in [-0.1, -0.05) is 18.2 Å². The minimum absolute atomic E-state index is 0.00207. The Kier molecular flexibility index (Phi) is 6.26. The fourth-order valence-corrected chi connectivity index (χ4v) is 3.65. The predicted octanol–water partition coefficient (Wildman–Crippen LogP) is 3.07. The van der Waals surface area contributed by atoms with Crippen molar-refractivity contribution in [2.75, 3.05) is 25.4 Å². The number of rotatable bonds is 6. The van der Waals surface area contributed by atoms with Crippen LogP contribution in [0.4, 0.5) is 0 Å². The van der Waals surface area contributed by atoms with Gasteiger partial charge in [0.15, 0.2) is 0 Å². The Morgan fingerprint density at radius 3 is 3.04 bits per heavy atom. The maximum absolute atomic E-state index is 12.3. The number of pyridine rings is 1. The lowest BCUT2D eigenvalue weighted by atomic mass is 9.90. The summed E-state index contributed by atoms with van der Waals surface area (Å²) in [6.07, 6.45) is 4.18. The molecule has 0 radical (unpaired) electrons. The second-order valence-corrected chi connectivity index (χ2v) is 7.06. The Morgan fingerprint density at radius 2 is 2.25 bits per heavy atom. The van der Waals surface area contributed by atoms with Crippen LogP contribution in [0.15, 0.2) is 53.7 Å². The lowest BCUT2D eigenvalue weighted by Crippen LogP contribution is -2.29. The number of nitrogens with one attached hydrogen (secondary N) is 2. The normalized spacial score (nSPS) is 17.4. The van der Waals surface area contributed by atoms with Gasteiger partial charge in [-0.05, 0) is 55.1 Å². The van der Waals surface area contributed by atoms with Gasteiger partial charge in [-0.2, -0.15) is 0 Å². The Hall–Kier alpha value is -1.85. The zero-order valence-corrected chi connectivity index (χ0v) is 14.5. The lowest BCUT2D eigenvalue weighted by molar-refractivity contribution is 0.0956. The quantitative estimate of drug-likeness (QED) is 0.626. The minimum Gasteiger partial charge on any atom is -0.351 e. The molecule has 1 unspecified atom stereocenters. The Bertz CT molecular complexity index is 657. The second kappa shape index (κ2) is 8.85. The first-order chi connectivity index (χ1) is 11.8. The highest BCUT2D eigenvalue weighted by Gasteiger charge is 2.16. The van der Waals surface area contributed by atoms with Crippen LogP contribution in [0.2, 0.25) is 0 Å². The first-order valence-corrected chi connectivity index (χ1v) is 9.44. The number of amides is 1. The molecule has 1 saturated heterocycles. The van der Waals surface area contributed by atoms with Crippen LogP contribution in [-0.4, -0.2) is 36.3 Å². The van der Waals surface area contributed by atoms with Crippen molar-refractivity contribution in [1.82, 2.24) is 15.6 Å². The number of nitrogens with zero attached hydrogens (tertiary/aromatic N) is 1. The summed E-state index contributed by atoms with van der Waals surface area (Å²) in [6.45, 7) is 2.74. The van der Waals surface area contributed by atoms with Gasteiger partial charge in [-0.3, -0.25) is 4.79 Å². The van der Waals surface area contributed by atoms with E-state index < -0.39 is 0 Å². The second-order valence-electron chi connectivity index (χ2n) is 5.94. The van der Waals surface area contributed by atoms with E-state index in [-0.39, 0.29) is 5.91 Å². The van der Waals surface area contributed by atoms with Gasteiger partial charge in [0.05, 0.1) is 5.03 Å². The Labute approximate surface area is 147 Å². The molecule has 0 saturated carbocycles. The van der Waals surface area contributed by atoms with E-state index in [1.165, 1.54) is 18.4 Å². The fourth-order valence-electron chi connectivity index (χ4n) is 2.92. The van der Waals surface area contributed by atoms with Gasteiger partial charge in [-0.15, -0.1) is 11.8 Å². The monoisotopic (exact) mass is 341 g/mol. The smallest absolute Gasteiger partial charge is 0.251 e. The summed E-state index contributed by atoms with van der Waals surface area (Å²) in [6, 6.07) is 13.9. The van der Waals surface area contributed by atoms with E-state index in [0.29, 0.717) is 12.5 Å². The molecule has 3 rings (SSSR count). The van der Waals surface area contributed by atoms with Crippen molar-refractivity contribution < 1.29 is 4.79 Å². The molecule has 0 bridgehead atoms. The first kappa shape index (κ1) is 17.0. The molecule has 0 aliphatic carbocycles. The standard InChI is InChI=1S/C19H23N3OS/c23-19(22-11-12-24-18-8-1-2-10-21-18)16-6-3-5-15(13-16)17-7-4-9-20-14-17/h1-3,5-6,8,10,13,17,20H,4,7,9,11-12,14H2,(H,22,23). The zero-order chi connectivity index (χ0) is 16.6. The number of benzene rings is 1. The number of thioether (sulfide) groups is 1. The summed E-state index contributed by atoms with van der Waals surface area (Å²) >= 11 is 1.65. The molecule has 24 heavy (non-hydrogen) atoms. The molecule has 1 atom stereocenters. The van der Waals surface area contributed by atoms with Crippen molar-refractivity contribution in [3.63, 3.8) is 0 Å². The molecule has 5 heteroatoms. The van der Waals surface area contributed by atoms with Gasteiger partial charge in [-0.25, -0.2) is 4.98 Å². The van der Waals surface area contributed by atoms with E-state index in [9.17, 15) is 4.79 Å². The van der Waals surface area contributed by atoms with E-state index in [1.807, 2.05) is 36.4 Å². The van der Waals surface area contributed by atoms with E-state index >= 15 is 0 Å². The van der Waals surface area contributed by atoms with Crippen molar-refractivity contribution in [2.24, 2.45) is 0 Å². The van der Waals surface area contributed by atoms with Gasteiger partial charge in [0.1, 0.15) is 0 Å². The topological polar surface area (TPSA) is 54.0 Å². The number of carbonyl (C=O) groups excluding carboxylic acids is 1. The van der Waals surface area contributed by atoms with Crippen LogP contribution in [0, 0.1) is 0 Å². The molecular weight excluding hydrogens is 318 g/mol. The number of piperidine rings is 1. The van der Waals surface area contributed by atoms with Crippen molar-refractivity contribution >= 4 is 17.7 Å². The molecule has 2 N–H and O–H groups in total. The number of hydrogen-bond donors (Lipinski definition) is 2. The molecule has 1 fully saturated rings. The van der Waals surface area contributed by atoms with E-state index in [2.05, 4.69) is 21.7 Å². The maximum atomic E-state index is 12.3. The summed E-state index contributed by atoms with van der Waals surface area (Å²) in [5.41, 5.74) is 2.01. The van der Waals surface area contributed by atoms with Gasteiger partial charge < -0.3 is 10.6 Å². The zero-order valence-electron chi connectivity index (χ0n) is 13.7. The third kappa shape index (κ3) is 4.82. The van der Waals surface area contributed by atoms with Gasteiger partial charge in [0.25, 0.3) is 5.91 Å². The molecule has 1 aliphatic heterocycles. The third-order valence-corrected chi connectivity index (χ3v) is 5.14. The van der Waals surface area contributed by atoms with Crippen LogP contribution in [0.25, 0.3) is 0 Å². The summed E-state index contributed by atoms with van der Waals surface area (Å²) in [5, 5.41) is 7.41. The molecule has 2 aromatic rings. The molecular formula is C19H23N3OS. The van der Waals surface area contributed by atoms with E-state index in [1.54, 1.807) is 18.0 Å². The molecule has 1 amide bonds. The van der Waals surface area contributed by atoms with Crippen molar-refractivity contribution in [3.05, 3.63) is 59.8 Å². The van der Waals surface area contributed by atoms with Crippen LogP contribution in [0.3, 0.4) is 0 Å². The van der Waals surface area contributed by atoms with Crippen LogP contribution < -0.4 is 10.6 Å². The van der Waals surface area contributed by atoms with Crippen LogP contribution in [0.1, 0.15) is 34.7 Å². The highest BCUT2D eigenvalue weighted by molar-refractivity contribution is 7.99. The lowest BCUT2D eigenvalue weighted by Gasteiger charge is -2.23. The summed E-state index contributed by atoms with van der Waals surface area (Å²) in [5.74, 6) is 1.34. The average Bonchev–Trinajstić information content (AvgIpc) is 2.67. The largest absolute Gasteiger partial charge is 0.351 e. The van der Waals surface area contributed by atoms with Crippen LogP contribution in [-0.2, 0) is 0 Å². The van der Waals surface area contributed by atoms with Gasteiger partial charge in [0, 0.05) is 30.6 Å². The molecule has 4 nitrogen and oxygen atoms in total. The average molecular weight is 341 g/mol. The highest BCUT2D eigenvalue weighted by atomic mass is 32.2. The molecule has 126 valence electrons. The fraction of sp³-hybridized carbons (Fsp3) is 0.368. The number of hydrogen-bond acceptors (Lipinski definition) is 4. The number of carbonyl (C=O) groups is 1. The molecule has 1 aromatic heterocycles. The molecule has 0 spiro atoms. The van der Waals surface area contributed by atoms with Crippen molar-refractivity contribution in [2.45, 2.75) is 23.8 Å². The SMILES string of the molecule is O=C(NCCSc1ccccn1)c1cccc(C2CCCNC2)c1. The highest BCUT2D eigenvalue weighted by Crippen LogP contribution is 2.23. The third-order valence-electron chi connectivity index (χ3n) is 4.19. The van der Waals surface area contributed by atoms with Crippen LogP contribution in [0.5, 0.6) is 0 Å². The summed E-state index contributed by atoms with van der Waals surface area (Å²) in [7, 11) is 0. The van der Waals surface area contributed by atoms with Gasteiger partial charge in [0.2, 0.25) is 0 Å². The van der Waals surface area contributed by atoms with Gasteiger partial charge >= 0.3 is 0 Å². The Morgan fingerprint density at radius 1 is 1.29 bits per heavy atom. The Balaban J connectivity index is 1.49. The van der Waals surface area contributed by atoms with E-state index in [4.69, 9.17) is 0 Å². The summed E-state index contributed by atoms with van der Waals surface area (Å²) in [4.78, 5) is 16.6. The molecule has 1 aromatic carbocycles.